The maximum Gasteiger partial charge on any atom is 0.312 e. The molecule has 1 aromatic rings. The molecule has 0 aliphatic carbocycles. The maximum absolute atomic E-state index is 12.4. The van der Waals surface area contributed by atoms with Gasteiger partial charge in [-0.05, 0) is 42.7 Å². The lowest BCUT2D eigenvalue weighted by Gasteiger charge is -2.32. The monoisotopic (exact) mass is 347 g/mol. The minimum absolute atomic E-state index is 0.0141. The number of piperidine rings is 1. The summed E-state index contributed by atoms with van der Waals surface area (Å²) in [4.78, 5) is 25.0. The van der Waals surface area contributed by atoms with E-state index >= 15 is 0 Å². The smallest absolute Gasteiger partial charge is 0.312 e. The SMILES string of the molecule is CC[C@@H](C)c1ccccc1OCC(=O)N1CCC(CNC(N)=O)CC1. The van der Waals surface area contributed by atoms with Crippen molar-refractivity contribution >= 4 is 11.9 Å². The van der Waals surface area contributed by atoms with E-state index < -0.39 is 6.03 Å². The van der Waals surface area contributed by atoms with Crippen LogP contribution in [0.1, 0.15) is 44.6 Å². The molecule has 1 aliphatic heterocycles. The number of rotatable bonds is 7. The molecular weight excluding hydrogens is 318 g/mol. The summed E-state index contributed by atoms with van der Waals surface area (Å²) in [5, 5.41) is 2.64. The Hall–Kier alpha value is -2.24. The molecule has 6 heteroatoms. The Morgan fingerprint density at radius 3 is 2.64 bits per heavy atom. The molecule has 6 nitrogen and oxygen atoms in total. The van der Waals surface area contributed by atoms with Crippen molar-refractivity contribution in [1.82, 2.24) is 10.2 Å². The van der Waals surface area contributed by atoms with Gasteiger partial charge in [-0.15, -0.1) is 0 Å². The van der Waals surface area contributed by atoms with Crippen LogP contribution < -0.4 is 15.8 Å². The number of likely N-dealkylation sites (tertiary alicyclic amines) is 1. The van der Waals surface area contributed by atoms with Gasteiger partial charge in [-0.1, -0.05) is 32.0 Å². The number of hydrogen-bond donors (Lipinski definition) is 2. The molecule has 3 amide bonds. The third kappa shape index (κ3) is 5.66. The molecule has 1 saturated heterocycles. The predicted octanol–water partition coefficient (Wildman–Crippen LogP) is 2.49. The quantitative estimate of drug-likeness (QED) is 0.795. The van der Waals surface area contributed by atoms with Gasteiger partial charge in [0.1, 0.15) is 5.75 Å². The van der Waals surface area contributed by atoms with Crippen LogP contribution in [0.25, 0.3) is 0 Å². The second-order valence-corrected chi connectivity index (χ2v) is 6.71. The summed E-state index contributed by atoms with van der Waals surface area (Å²) in [5.74, 6) is 1.59. The van der Waals surface area contributed by atoms with E-state index in [1.165, 1.54) is 0 Å². The van der Waals surface area contributed by atoms with Crippen LogP contribution >= 0.6 is 0 Å². The maximum atomic E-state index is 12.4. The molecule has 0 bridgehead atoms. The van der Waals surface area contributed by atoms with Crippen LogP contribution in [0.4, 0.5) is 4.79 Å². The first-order valence-electron chi connectivity index (χ1n) is 9.04. The number of carbonyl (C=O) groups is 2. The minimum atomic E-state index is -0.494. The number of ether oxygens (including phenoxy) is 1. The van der Waals surface area contributed by atoms with E-state index in [-0.39, 0.29) is 12.5 Å². The van der Waals surface area contributed by atoms with E-state index in [0.717, 1.165) is 30.6 Å². The van der Waals surface area contributed by atoms with Crippen molar-refractivity contribution in [3.63, 3.8) is 0 Å². The summed E-state index contributed by atoms with van der Waals surface area (Å²) < 4.78 is 5.82. The van der Waals surface area contributed by atoms with Crippen LogP contribution in [0.5, 0.6) is 5.75 Å². The molecule has 0 radical (unpaired) electrons. The topological polar surface area (TPSA) is 84.7 Å². The van der Waals surface area contributed by atoms with Crippen molar-refractivity contribution < 1.29 is 14.3 Å². The number of primary amides is 1. The molecule has 25 heavy (non-hydrogen) atoms. The Morgan fingerprint density at radius 1 is 1.32 bits per heavy atom. The van der Waals surface area contributed by atoms with Gasteiger partial charge in [0.15, 0.2) is 6.61 Å². The third-order valence-corrected chi connectivity index (χ3v) is 4.95. The highest BCUT2D eigenvalue weighted by Gasteiger charge is 2.23. The normalized spacial score (nSPS) is 16.3. The van der Waals surface area contributed by atoms with Gasteiger partial charge in [-0.2, -0.15) is 0 Å². The zero-order valence-electron chi connectivity index (χ0n) is 15.2. The van der Waals surface area contributed by atoms with Crippen LogP contribution in [0.3, 0.4) is 0 Å². The molecule has 1 atom stereocenters. The van der Waals surface area contributed by atoms with Crippen molar-refractivity contribution in [2.24, 2.45) is 11.7 Å². The van der Waals surface area contributed by atoms with Gasteiger partial charge in [-0.25, -0.2) is 4.79 Å². The van der Waals surface area contributed by atoms with E-state index in [9.17, 15) is 9.59 Å². The van der Waals surface area contributed by atoms with Crippen LogP contribution in [0.15, 0.2) is 24.3 Å². The third-order valence-electron chi connectivity index (χ3n) is 4.95. The number of para-hydroxylation sites is 1. The number of nitrogens with one attached hydrogen (secondary N) is 1. The van der Waals surface area contributed by atoms with Crippen molar-refractivity contribution in [1.29, 1.82) is 0 Å². The number of amides is 3. The van der Waals surface area contributed by atoms with Crippen molar-refractivity contribution in [3.8, 4) is 5.75 Å². The Balaban J connectivity index is 1.81. The lowest BCUT2D eigenvalue weighted by atomic mass is 9.97. The van der Waals surface area contributed by atoms with Crippen LogP contribution in [-0.2, 0) is 4.79 Å². The minimum Gasteiger partial charge on any atom is -0.483 e. The first-order valence-corrected chi connectivity index (χ1v) is 9.04. The molecule has 1 aliphatic rings. The van der Waals surface area contributed by atoms with E-state index in [4.69, 9.17) is 10.5 Å². The van der Waals surface area contributed by atoms with E-state index in [1.807, 2.05) is 23.1 Å². The molecule has 0 unspecified atom stereocenters. The Labute approximate surface area is 149 Å². The molecular formula is C19H29N3O3. The molecule has 3 N–H and O–H groups in total. The summed E-state index contributed by atoms with van der Waals surface area (Å²) in [6.07, 6.45) is 2.77. The molecule has 1 heterocycles. The number of hydrogen-bond acceptors (Lipinski definition) is 3. The summed E-state index contributed by atoms with van der Waals surface area (Å²) in [6.45, 7) is 6.34. The molecule has 138 valence electrons. The first-order chi connectivity index (χ1) is 12.0. The molecule has 0 spiro atoms. The van der Waals surface area contributed by atoms with Crippen LogP contribution in [-0.4, -0.2) is 43.1 Å². The van der Waals surface area contributed by atoms with Crippen LogP contribution in [0, 0.1) is 5.92 Å². The largest absolute Gasteiger partial charge is 0.483 e. The molecule has 1 aromatic carbocycles. The second kappa shape index (κ2) is 9.30. The van der Waals surface area contributed by atoms with Gasteiger partial charge >= 0.3 is 6.03 Å². The van der Waals surface area contributed by atoms with Gasteiger partial charge < -0.3 is 20.7 Å². The van der Waals surface area contributed by atoms with Gasteiger partial charge in [0.25, 0.3) is 5.91 Å². The molecule has 0 saturated carbocycles. The Morgan fingerprint density at radius 2 is 2.00 bits per heavy atom. The van der Waals surface area contributed by atoms with Gasteiger partial charge in [-0.3, -0.25) is 4.79 Å². The standard InChI is InChI=1S/C19H29N3O3/c1-3-14(2)16-6-4-5-7-17(16)25-13-18(23)22-10-8-15(9-11-22)12-21-19(20)24/h4-7,14-15H,3,8-13H2,1-2H3,(H3,20,21,24)/t14-/m1/s1. The summed E-state index contributed by atoms with van der Waals surface area (Å²) in [5.41, 5.74) is 6.24. The van der Waals surface area contributed by atoms with Gasteiger partial charge in [0, 0.05) is 19.6 Å². The molecule has 0 aromatic heterocycles. The van der Waals surface area contributed by atoms with E-state index in [1.54, 1.807) is 0 Å². The summed E-state index contributed by atoms with van der Waals surface area (Å²) in [7, 11) is 0. The summed E-state index contributed by atoms with van der Waals surface area (Å²) >= 11 is 0. The first kappa shape index (κ1) is 19.1. The fraction of sp³-hybridized carbons (Fsp3) is 0.579. The Kier molecular flexibility index (Phi) is 7.10. The predicted molar refractivity (Wildman–Crippen MR) is 97.5 cm³/mol. The average Bonchev–Trinajstić information content (AvgIpc) is 2.64. The van der Waals surface area contributed by atoms with E-state index in [2.05, 4.69) is 25.2 Å². The molecule has 1 fully saturated rings. The highest BCUT2D eigenvalue weighted by molar-refractivity contribution is 5.78. The number of carbonyl (C=O) groups excluding carboxylic acids is 2. The van der Waals surface area contributed by atoms with Gasteiger partial charge in [0.2, 0.25) is 0 Å². The average molecular weight is 347 g/mol. The lowest BCUT2D eigenvalue weighted by Crippen LogP contribution is -2.43. The molecule has 2 rings (SSSR count). The fourth-order valence-corrected chi connectivity index (χ4v) is 3.10. The Bertz CT molecular complexity index is 583. The number of nitrogens with two attached hydrogens (primary N) is 1. The highest BCUT2D eigenvalue weighted by atomic mass is 16.5. The lowest BCUT2D eigenvalue weighted by molar-refractivity contribution is -0.134. The van der Waals surface area contributed by atoms with Crippen molar-refractivity contribution in [2.75, 3.05) is 26.2 Å². The highest BCUT2D eigenvalue weighted by Crippen LogP contribution is 2.28. The van der Waals surface area contributed by atoms with Crippen LogP contribution in [0.2, 0.25) is 0 Å². The zero-order valence-corrected chi connectivity index (χ0v) is 15.2. The number of urea groups is 1. The zero-order chi connectivity index (χ0) is 18.2. The number of nitrogens with zero attached hydrogens (tertiary/aromatic N) is 1. The van der Waals surface area contributed by atoms with Crippen molar-refractivity contribution in [3.05, 3.63) is 29.8 Å². The van der Waals surface area contributed by atoms with Gasteiger partial charge in [0.05, 0.1) is 0 Å². The van der Waals surface area contributed by atoms with Crippen molar-refractivity contribution in [2.45, 2.75) is 39.0 Å². The van der Waals surface area contributed by atoms with E-state index in [0.29, 0.717) is 31.5 Å². The fourth-order valence-electron chi connectivity index (χ4n) is 3.10. The second-order valence-electron chi connectivity index (χ2n) is 6.71. The summed E-state index contributed by atoms with van der Waals surface area (Å²) in [6, 6.07) is 7.43. The number of benzene rings is 1.